The van der Waals surface area contributed by atoms with Crippen LogP contribution in [0, 0.1) is 0 Å². The molecule has 0 saturated carbocycles. The number of rotatable bonds is 2. The van der Waals surface area contributed by atoms with Crippen molar-refractivity contribution in [3.05, 3.63) is 35.9 Å². The first-order valence-electron chi connectivity index (χ1n) is 3.63. The minimum absolute atomic E-state index is 0.275. The highest BCUT2D eigenvalue weighted by molar-refractivity contribution is 5.75. The topological polar surface area (TPSA) is 63.3 Å². The van der Waals surface area contributed by atoms with Crippen molar-refractivity contribution >= 4 is 5.97 Å². The molecule has 0 fully saturated rings. The number of hydrogen-bond acceptors (Lipinski definition) is 2. The van der Waals surface area contributed by atoms with Crippen LogP contribution in [0.5, 0.6) is 0 Å². The molecule has 0 amide bonds. The van der Waals surface area contributed by atoms with Gasteiger partial charge in [0.25, 0.3) is 0 Å². The van der Waals surface area contributed by atoms with Crippen LogP contribution in [-0.4, -0.2) is 11.1 Å². The highest BCUT2D eigenvalue weighted by Crippen LogP contribution is 2.08. The Morgan fingerprint density at radius 1 is 1.55 bits per heavy atom. The average molecular weight is 153 g/mol. The third-order valence-electron chi connectivity index (χ3n) is 1.32. The molecule has 0 aromatic heterocycles. The quantitative estimate of drug-likeness (QED) is 0.659. The van der Waals surface area contributed by atoms with E-state index in [-0.39, 0.29) is 5.56 Å². The predicted molar refractivity (Wildman–Crippen MR) is 41.0 cm³/mol. The van der Waals surface area contributed by atoms with Gasteiger partial charge in [-0.15, -0.1) is 0 Å². The van der Waals surface area contributed by atoms with Crippen molar-refractivity contribution in [2.75, 3.05) is 0 Å². The number of carboxylic acids is 1. The highest BCUT2D eigenvalue weighted by Gasteiger charge is 2.12. The summed E-state index contributed by atoms with van der Waals surface area (Å²) in [7, 11) is 0. The summed E-state index contributed by atoms with van der Waals surface area (Å²) in [5, 5.41) is 8.58. The molecule has 3 heteroatoms. The number of carboxylic acid groups (broad SMARTS) is 1. The van der Waals surface area contributed by atoms with Crippen LogP contribution < -0.4 is 5.73 Å². The van der Waals surface area contributed by atoms with Gasteiger partial charge in [0.05, 0.1) is 1.37 Å². The molecule has 0 aliphatic carbocycles. The normalized spacial score (nSPS) is 16.6. The van der Waals surface area contributed by atoms with Gasteiger partial charge < -0.3 is 10.8 Å². The van der Waals surface area contributed by atoms with E-state index in [4.69, 9.17) is 12.2 Å². The van der Waals surface area contributed by atoms with Crippen molar-refractivity contribution in [1.29, 1.82) is 0 Å². The van der Waals surface area contributed by atoms with E-state index in [2.05, 4.69) is 0 Å². The molecular weight excluding hydrogens is 142 g/mol. The van der Waals surface area contributed by atoms with Crippen LogP contribution in [0.1, 0.15) is 13.0 Å². The van der Waals surface area contributed by atoms with Crippen LogP contribution in [0.15, 0.2) is 30.3 Å². The minimum Gasteiger partial charge on any atom is -0.480 e. The van der Waals surface area contributed by atoms with Gasteiger partial charge in [-0.3, -0.25) is 4.79 Å². The lowest BCUT2D eigenvalue weighted by Crippen LogP contribution is -2.20. The number of carbonyl (C=O) groups is 1. The third kappa shape index (κ3) is 1.78. The molecule has 0 radical (unpaired) electrons. The number of hydrogen-bond donors (Lipinski definition) is 2. The van der Waals surface area contributed by atoms with Gasteiger partial charge in [-0.1, -0.05) is 30.3 Å². The zero-order chi connectivity index (χ0) is 9.19. The fourth-order valence-corrected chi connectivity index (χ4v) is 0.741. The largest absolute Gasteiger partial charge is 0.480 e. The summed E-state index contributed by atoms with van der Waals surface area (Å²) in [5.74, 6) is -1.35. The first kappa shape index (κ1) is 6.37. The van der Waals surface area contributed by atoms with Gasteiger partial charge in [-0.05, 0) is 5.56 Å². The number of aliphatic carboxylic acids is 1. The Balaban J connectivity index is 3.06. The van der Waals surface area contributed by atoms with E-state index in [1.54, 1.807) is 18.2 Å². The summed E-state index contributed by atoms with van der Waals surface area (Å²) in [6, 6.07) is 6.02. The highest BCUT2D eigenvalue weighted by atomic mass is 16.4. The van der Waals surface area contributed by atoms with E-state index in [1.165, 1.54) is 12.1 Å². The Bertz CT molecular complexity index is 284. The Kier molecular flexibility index (Phi) is 1.83. The molecular formula is C8H9NO2. The fraction of sp³-hybridized carbons (Fsp3) is 0.125. The molecule has 0 aliphatic rings. The van der Waals surface area contributed by atoms with Crippen LogP contribution in [0.3, 0.4) is 0 Å². The molecule has 58 valence electrons. The Morgan fingerprint density at radius 2 is 2.09 bits per heavy atom. The second kappa shape index (κ2) is 3.16. The first-order chi connectivity index (χ1) is 5.55. The Hall–Kier alpha value is -1.35. The molecule has 0 saturated heterocycles. The van der Waals surface area contributed by atoms with Crippen molar-refractivity contribution in [3.63, 3.8) is 0 Å². The van der Waals surface area contributed by atoms with Gasteiger partial charge in [0.15, 0.2) is 0 Å². The van der Waals surface area contributed by atoms with Crippen LogP contribution in [0.4, 0.5) is 0 Å². The standard InChI is InChI=1S/C8H9NO2/c9-7(8(10)11)6-4-2-1-3-5-6/h1-5,7H,9H2,(H,10,11)/i7T. The first-order valence-corrected chi connectivity index (χ1v) is 3.13. The molecule has 1 atom stereocenters. The minimum atomic E-state index is -2.04. The van der Waals surface area contributed by atoms with Crippen molar-refractivity contribution < 1.29 is 11.3 Å². The SMILES string of the molecule is [3H]C(N)(C(=O)O)c1ccccc1. The van der Waals surface area contributed by atoms with Gasteiger partial charge in [0.1, 0.15) is 6.02 Å². The maximum Gasteiger partial charge on any atom is 0.325 e. The van der Waals surface area contributed by atoms with Gasteiger partial charge in [0.2, 0.25) is 0 Å². The smallest absolute Gasteiger partial charge is 0.325 e. The van der Waals surface area contributed by atoms with Crippen molar-refractivity contribution in [1.82, 2.24) is 0 Å². The van der Waals surface area contributed by atoms with Gasteiger partial charge >= 0.3 is 5.97 Å². The van der Waals surface area contributed by atoms with Gasteiger partial charge in [0, 0.05) is 0 Å². The Labute approximate surface area is 65.9 Å². The fourth-order valence-electron chi connectivity index (χ4n) is 0.741. The summed E-state index contributed by atoms with van der Waals surface area (Å²) >= 11 is 0. The lowest BCUT2D eigenvalue weighted by Gasteiger charge is -2.04. The second-order valence-corrected chi connectivity index (χ2v) is 2.08. The summed E-state index contributed by atoms with van der Waals surface area (Å²) in [6.07, 6.45) is 0. The molecule has 1 rings (SSSR count). The summed E-state index contributed by atoms with van der Waals surface area (Å²) < 4.78 is 7.30. The van der Waals surface area contributed by atoms with E-state index in [0.717, 1.165) is 0 Å². The number of nitrogens with two attached hydrogens (primary N) is 1. The maximum atomic E-state index is 10.5. The molecule has 0 bridgehead atoms. The molecule has 1 aromatic carbocycles. The molecule has 0 heterocycles. The molecule has 1 aromatic rings. The van der Waals surface area contributed by atoms with Crippen molar-refractivity contribution in [3.8, 4) is 0 Å². The van der Waals surface area contributed by atoms with Crippen molar-refractivity contribution in [2.24, 2.45) is 5.73 Å². The molecule has 11 heavy (non-hydrogen) atoms. The molecule has 0 aliphatic heterocycles. The number of benzene rings is 1. The van der Waals surface area contributed by atoms with E-state index < -0.39 is 12.0 Å². The molecule has 0 spiro atoms. The van der Waals surface area contributed by atoms with Crippen LogP contribution in [-0.2, 0) is 4.79 Å². The zero-order valence-electron chi connectivity index (χ0n) is 6.82. The monoisotopic (exact) mass is 153 g/mol. The van der Waals surface area contributed by atoms with E-state index in [0.29, 0.717) is 0 Å². The lowest BCUT2D eigenvalue weighted by atomic mass is 10.1. The predicted octanol–water partition coefficient (Wildman–Crippen LogP) is 0.771. The van der Waals surface area contributed by atoms with Crippen LogP contribution in [0.25, 0.3) is 0 Å². The van der Waals surface area contributed by atoms with Crippen LogP contribution in [0.2, 0.25) is 0 Å². The summed E-state index contributed by atoms with van der Waals surface area (Å²) in [4.78, 5) is 10.5. The lowest BCUT2D eigenvalue weighted by molar-refractivity contribution is -0.138. The zero-order valence-corrected chi connectivity index (χ0v) is 5.82. The van der Waals surface area contributed by atoms with Gasteiger partial charge in [-0.2, -0.15) is 0 Å². The summed E-state index contributed by atoms with van der Waals surface area (Å²) in [5.41, 5.74) is 5.52. The second-order valence-electron chi connectivity index (χ2n) is 2.08. The van der Waals surface area contributed by atoms with E-state index in [1.807, 2.05) is 0 Å². The molecule has 1 unspecified atom stereocenters. The Morgan fingerprint density at radius 3 is 2.55 bits per heavy atom. The average Bonchev–Trinajstić information content (AvgIpc) is 2.06. The van der Waals surface area contributed by atoms with E-state index >= 15 is 0 Å². The molecule has 3 N–H and O–H groups in total. The van der Waals surface area contributed by atoms with Crippen molar-refractivity contribution in [2.45, 2.75) is 6.02 Å². The third-order valence-corrected chi connectivity index (χ3v) is 1.32. The van der Waals surface area contributed by atoms with E-state index in [9.17, 15) is 4.79 Å². The molecule has 3 nitrogen and oxygen atoms in total. The van der Waals surface area contributed by atoms with Crippen LogP contribution >= 0.6 is 0 Å². The maximum absolute atomic E-state index is 10.5. The summed E-state index contributed by atoms with van der Waals surface area (Å²) in [6.45, 7) is 0. The van der Waals surface area contributed by atoms with Gasteiger partial charge in [-0.25, -0.2) is 0 Å².